The maximum atomic E-state index is 9.05. The second-order valence-corrected chi connectivity index (χ2v) is 6.12. The topological polar surface area (TPSA) is 53.6 Å². The van der Waals surface area contributed by atoms with E-state index < -0.39 is 0 Å². The predicted octanol–water partition coefficient (Wildman–Crippen LogP) is 4.55. The zero-order valence-corrected chi connectivity index (χ0v) is 13.3. The van der Waals surface area contributed by atoms with Crippen molar-refractivity contribution in [2.75, 3.05) is 5.32 Å². The molecule has 1 aromatic heterocycles. The number of nitrogens with one attached hydrogen (secondary N) is 1. The molecule has 1 aliphatic heterocycles. The number of hydrogen-bond donors (Lipinski definition) is 1. The monoisotopic (exact) mass is 322 g/mol. The molecule has 2 heterocycles. The van der Waals surface area contributed by atoms with Gasteiger partial charge in [0.15, 0.2) is 0 Å². The summed E-state index contributed by atoms with van der Waals surface area (Å²) in [6.45, 7) is 0. The summed E-state index contributed by atoms with van der Waals surface area (Å²) < 4.78 is 2.24. The number of fused-ring (bicyclic) bond motifs is 5. The van der Waals surface area contributed by atoms with E-state index in [0.717, 1.165) is 33.7 Å². The highest BCUT2D eigenvalue weighted by Crippen LogP contribution is 2.40. The minimum absolute atomic E-state index is 0.0648. The fraction of sp³-hybridized carbons (Fsp3) is 0.0476. The molecular formula is C21H14N4. The highest BCUT2D eigenvalue weighted by Gasteiger charge is 2.27. The third-order valence-corrected chi connectivity index (χ3v) is 4.67. The Morgan fingerprint density at radius 1 is 0.920 bits per heavy atom. The molecule has 25 heavy (non-hydrogen) atoms. The number of nitriles is 1. The molecule has 118 valence electrons. The molecule has 0 spiro atoms. The van der Waals surface area contributed by atoms with E-state index in [9.17, 15) is 0 Å². The molecule has 0 fully saturated rings. The highest BCUT2D eigenvalue weighted by molar-refractivity contribution is 5.86. The number of aromatic nitrogens is 2. The van der Waals surface area contributed by atoms with Crippen molar-refractivity contribution >= 4 is 16.7 Å². The molecule has 4 heteroatoms. The molecular weight excluding hydrogens is 308 g/mol. The molecule has 1 atom stereocenters. The van der Waals surface area contributed by atoms with Gasteiger partial charge in [0, 0.05) is 11.3 Å². The normalized spacial score (nSPS) is 15.1. The van der Waals surface area contributed by atoms with Gasteiger partial charge in [-0.25, -0.2) is 4.98 Å². The largest absolute Gasteiger partial charge is 0.361 e. The van der Waals surface area contributed by atoms with Gasteiger partial charge in [-0.3, -0.25) is 4.57 Å². The Morgan fingerprint density at radius 3 is 2.52 bits per heavy atom. The van der Waals surface area contributed by atoms with Crippen LogP contribution in [0.5, 0.6) is 0 Å². The van der Waals surface area contributed by atoms with Crippen LogP contribution in [0.3, 0.4) is 0 Å². The van der Waals surface area contributed by atoms with E-state index in [1.807, 2.05) is 54.6 Å². The SMILES string of the molecule is N#Cc1ccc(C2Nc3ccccc3-c3nc4ccccc4n32)cc1. The van der Waals surface area contributed by atoms with E-state index in [-0.39, 0.29) is 6.17 Å². The van der Waals surface area contributed by atoms with Crippen molar-refractivity contribution in [1.82, 2.24) is 9.55 Å². The van der Waals surface area contributed by atoms with E-state index in [4.69, 9.17) is 10.2 Å². The van der Waals surface area contributed by atoms with Crippen molar-refractivity contribution in [3.8, 4) is 17.5 Å². The quantitative estimate of drug-likeness (QED) is 0.559. The molecule has 0 aliphatic carbocycles. The lowest BCUT2D eigenvalue weighted by atomic mass is 10.0. The van der Waals surface area contributed by atoms with Gasteiger partial charge in [0.2, 0.25) is 0 Å². The molecule has 4 aromatic rings. The smallest absolute Gasteiger partial charge is 0.145 e. The Hall–Kier alpha value is -3.58. The van der Waals surface area contributed by atoms with Gasteiger partial charge < -0.3 is 5.32 Å². The highest BCUT2D eigenvalue weighted by atomic mass is 15.2. The summed E-state index contributed by atoms with van der Waals surface area (Å²) in [5, 5.41) is 12.7. The van der Waals surface area contributed by atoms with E-state index in [2.05, 4.69) is 34.2 Å². The Labute approximate surface area is 145 Å². The molecule has 3 aromatic carbocycles. The number of rotatable bonds is 1. The molecule has 0 radical (unpaired) electrons. The molecule has 4 nitrogen and oxygen atoms in total. The average molecular weight is 322 g/mol. The van der Waals surface area contributed by atoms with Crippen LogP contribution in [0.4, 0.5) is 5.69 Å². The van der Waals surface area contributed by atoms with Crippen molar-refractivity contribution in [3.05, 3.63) is 83.9 Å². The van der Waals surface area contributed by atoms with Gasteiger partial charge in [-0.1, -0.05) is 36.4 Å². The van der Waals surface area contributed by atoms with Gasteiger partial charge in [-0.15, -0.1) is 0 Å². The van der Waals surface area contributed by atoms with Gasteiger partial charge in [0.1, 0.15) is 12.0 Å². The summed E-state index contributed by atoms with van der Waals surface area (Å²) in [5.74, 6) is 0.963. The summed E-state index contributed by atoms with van der Waals surface area (Å²) in [6.07, 6.45) is -0.0648. The molecule has 0 bridgehead atoms. The standard InChI is InChI=1S/C21H14N4/c22-13-14-9-11-15(12-10-14)20-23-17-6-2-1-5-16(17)21-24-18-7-3-4-8-19(18)25(20)21/h1-12,20,23H. The van der Waals surface area contributed by atoms with Crippen molar-refractivity contribution in [1.29, 1.82) is 5.26 Å². The summed E-state index contributed by atoms with van der Waals surface area (Å²) in [6, 6.07) is 26.3. The van der Waals surface area contributed by atoms with Crippen LogP contribution in [0, 0.1) is 11.3 Å². The molecule has 1 unspecified atom stereocenters. The van der Waals surface area contributed by atoms with Crippen LogP contribution in [0.2, 0.25) is 0 Å². The molecule has 1 N–H and O–H groups in total. The molecule has 0 saturated heterocycles. The van der Waals surface area contributed by atoms with Crippen LogP contribution in [0.1, 0.15) is 17.3 Å². The lowest BCUT2D eigenvalue weighted by Gasteiger charge is -2.30. The lowest BCUT2D eigenvalue weighted by molar-refractivity contribution is 0.669. The van der Waals surface area contributed by atoms with E-state index in [1.54, 1.807) is 0 Å². The van der Waals surface area contributed by atoms with Gasteiger partial charge in [0.25, 0.3) is 0 Å². The van der Waals surface area contributed by atoms with Gasteiger partial charge in [-0.2, -0.15) is 5.26 Å². The Kier molecular flexibility index (Phi) is 2.88. The third kappa shape index (κ3) is 2.03. The number of hydrogen-bond acceptors (Lipinski definition) is 3. The third-order valence-electron chi connectivity index (χ3n) is 4.67. The minimum Gasteiger partial charge on any atom is -0.361 e. The lowest BCUT2D eigenvalue weighted by Crippen LogP contribution is -2.24. The Balaban J connectivity index is 1.78. The van der Waals surface area contributed by atoms with Crippen molar-refractivity contribution in [3.63, 3.8) is 0 Å². The van der Waals surface area contributed by atoms with Gasteiger partial charge in [-0.05, 0) is 42.0 Å². The summed E-state index contributed by atoms with van der Waals surface area (Å²) in [5.41, 5.74) is 6.00. The average Bonchev–Trinajstić information content (AvgIpc) is 3.07. The van der Waals surface area contributed by atoms with Gasteiger partial charge >= 0.3 is 0 Å². The van der Waals surface area contributed by atoms with Crippen molar-refractivity contribution < 1.29 is 0 Å². The molecule has 0 saturated carbocycles. The van der Waals surface area contributed by atoms with Crippen molar-refractivity contribution in [2.24, 2.45) is 0 Å². The van der Waals surface area contributed by atoms with Crippen LogP contribution < -0.4 is 5.32 Å². The second kappa shape index (κ2) is 5.22. The zero-order chi connectivity index (χ0) is 16.8. The predicted molar refractivity (Wildman–Crippen MR) is 98.1 cm³/mol. The summed E-state index contributed by atoms with van der Waals surface area (Å²) in [7, 11) is 0. The van der Waals surface area contributed by atoms with Crippen LogP contribution in [-0.4, -0.2) is 9.55 Å². The van der Waals surface area contributed by atoms with Crippen LogP contribution >= 0.6 is 0 Å². The fourth-order valence-corrected chi connectivity index (χ4v) is 3.48. The van der Waals surface area contributed by atoms with E-state index >= 15 is 0 Å². The van der Waals surface area contributed by atoms with Gasteiger partial charge in [0.05, 0.1) is 22.7 Å². The summed E-state index contributed by atoms with van der Waals surface area (Å²) in [4.78, 5) is 4.87. The first-order valence-electron chi connectivity index (χ1n) is 8.18. The molecule has 0 amide bonds. The maximum absolute atomic E-state index is 9.05. The number of benzene rings is 3. The molecule has 5 rings (SSSR count). The van der Waals surface area contributed by atoms with E-state index in [1.165, 1.54) is 0 Å². The van der Waals surface area contributed by atoms with E-state index in [0.29, 0.717) is 5.56 Å². The molecule has 1 aliphatic rings. The number of anilines is 1. The van der Waals surface area contributed by atoms with Crippen LogP contribution in [0.25, 0.3) is 22.4 Å². The number of imidazole rings is 1. The van der Waals surface area contributed by atoms with Crippen LogP contribution in [0.15, 0.2) is 72.8 Å². The first-order valence-corrected chi connectivity index (χ1v) is 8.18. The Morgan fingerprint density at radius 2 is 1.68 bits per heavy atom. The first kappa shape index (κ1) is 13.8. The maximum Gasteiger partial charge on any atom is 0.145 e. The minimum atomic E-state index is -0.0648. The second-order valence-electron chi connectivity index (χ2n) is 6.12. The zero-order valence-electron chi connectivity index (χ0n) is 13.3. The fourth-order valence-electron chi connectivity index (χ4n) is 3.48. The van der Waals surface area contributed by atoms with Crippen molar-refractivity contribution in [2.45, 2.75) is 6.17 Å². The summed E-state index contributed by atoms with van der Waals surface area (Å²) >= 11 is 0. The Bertz CT molecular complexity index is 1130. The number of para-hydroxylation sites is 3. The van der Waals surface area contributed by atoms with Crippen LogP contribution in [-0.2, 0) is 0 Å². The number of nitrogens with zero attached hydrogens (tertiary/aromatic N) is 3. The first-order chi connectivity index (χ1) is 12.3.